The van der Waals surface area contributed by atoms with E-state index in [1.165, 1.54) is 25.7 Å². The van der Waals surface area contributed by atoms with Crippen molar-refractivity contribution in [2.24, 2.45) is 0 Å². The molecule has 0 saturated carbocycles. The summed E-state index contributed by atoms with van der Waals surface area (Å²) in [5, 5.41) is 0.742. The largest absolute Gasteiger partial charge is 0.333 e. The van der Waals surface area contributed by atoms with Crippen LogP contribution < -0.4 is 0 Å². The maximum Gasteiger partial charge on any atom is 0.254 e. The lowest BCUT2D eigenvalue weighted by molar-refractivity contribution is 0.0601. The van der Waals surface area contributed by atoms with Crippen molar-refractivity contribution in [1.82, 2.24) is 4.90 Å². The number of benzene rings is 1. The van der Waals surface area contributed by atoms with Crippen LogP contribution in [0.3, 0.4) is 0 Å². The maximum absolute atomic E-state index is 12.7. The number of carbonyl (C=O) groups is 1. The molecule has 1 aromatic rings. The number of carbonyl (C=O) groups excluding carboxylic acids is 1. The standard InChI is InChI=1S/C15H18BrNOS/c1-19-14-8-12-6-7-13(9-14)17(12)15(18)10-2-4-11(16)5-3-10/h2-5,12-14H,6-9H2,1H3. The summed E-state index contributed by atoms with van der Waals surface area (Å²) in [7, 11) is 0. The number of hydrogen-bond donors (Lipinski definition) is 0. The number of fused-ring (bicyclic) bond motifs is 2. The van der Waals surface area contributed by atoms with Crippen LogP contribution in [0.25, 0.3) is 0 Å². The van der Waals surface area contributed by atoms with Gasteiger partial charge in [-0.1, -0.05) is 15.9 Å². The summed E-state index contributed by atoms with van der Waals surface area (Å²) in [4.78, 5) is 14.8. The monoisotopic (exact) mass is 339 g/mol. The van der Waals surface area contributed by atoms with Crippen LogP contribution in [0.15, 0.2) is 28.7 Å². The Bertz CT molecular complexity index is 462. The van der Waals surface area contributed by atoms with Crippen molar-refractivity contribution in [2.45, 2.75) is 43.0 Å². The molecular formula is C15H18BrNOS. The molecule has 0 aliphatic carbocycles. The van der Waals surface area contributed by atoms with Gasteiger partial charge in [-0.15, -0.1) is 0 Å². The summed E-state index contributed by atoms with van der Waals surface area (Å²) < 4.78 is 1.02. The smallest absolute Gasteiger partial charge is 0.254 e. The predicted octanol–water partition coefficient (Wildman–Crippen LogP) is 3.95. The molecule has 3 rings (SSSR count). The molecule has 2 aliphatic rings. The molecule has 2 bridgehead atoms. The highest BCUT2D eigenvalue weighted by atomic mass is 79.9. The molecule has 2 aliphatic heterocycles. The van der Waals surface area contributed by atoms with E-state index in [9.17, 15) is 4.79 Å². The van der Waals surface area contributed by atoms with Crippen molar-refractivity contribution < 1.29 is 4.79 Å². The molecule has 0 aromatic heterocycles. The summed E-state index contributed by atoms with van der Waals surface area (Å²) in [5.74, 6) is 0.222. The van der Waals surface area contributed by atoms with E-state index >= 15 is 0 Å². The fourth-order valence-corrected chi connectivity index (χ4v) is 4.49. The van der Waals surface area contributed by atoms with E-state index in [-0.39, 0.29) is 5.91 Å². The first-order chi connectivity index (χ1) is 9.19. The van der Waals surface area contributed by atoms with Crippen molar-refractivity contribution in [3.63, 3.8) is 0 Å². The van der Waals surface area contributed by atoms with Crippen LogP contribution >= 0.6 is 27.7 Å². The second-order valence-corrected chi connectivity index (χ2v) is 7.49. The lowest BCUT2D eigenvalue weighted by Crippen LogP contribution is -2.47. The number of amides is 1. The van der Waals surface area contributed by atoms with Crippen LogP contribution in [0.5, 0.6) is 0 Å². The van der Waals surface area contributed by atoms with E-state index in [1.807, 2.05) is 36.0 Å². The van der Waals surface area contributed by atoms with Gasteiger partial charge >= 0.3 is 0 Å². The van der Waals surface area contributed by atoms with E-state index in [0.717, 1.165) is 15.3 Å². The summed E-state index contributed by atoms with van der Waals surface area (Å²) >= 11 is 5.38. The lowest BCUT2D eigenvalue weighted by Gasteiger charge is -2.38. The van der Waals surface area contributed by atoms with E-state index in [2.05, 4.69) is 27.1 Å². The number of nitrogens with zero attached hydrogens (tertiary/aromatic N) is 1. The minimum atomic E-state index is 0.222. The van der Waals surface area contributed by atoms with Crippen molar-refractivity contribution in [2.75, 3.05) is 6.26 Å². The number of rotatable bonds is 2. The molecule has 0 radical (unpaired) electrons. The molecule has 2 saturated heterocycles. The summed E-state index contributed by atoms with van der Waals surface area (Å²) in [6.07, 6.45) is 6.89. The molecular weight excluding hydrogens is 322 g/mol. The Kier molecular flexibility index (Phi) is 3.90. The molecule has 2 fully saturated rings. The van der Waals surface area contributed by atoms with Gasteiger partial charge in [0, 0.05) is 27.4 Å². The van der Waals surface area contributed by atoms with Crippen molar-refractivity contribution in [3.8, 4) is 0 Å². The summed E-state index contributed by atoms with van der Waals surface area (Å²) in [6, 6.07) is 8.67. The van der Waals surface area contributed by atoms with E-state index in [1.54, 1.807) is 0 Å². The van der Waals surface area contributed by atoms with Crippen molar-refractivity contribution >= 4 is 33.6 Å². The Morgan fingerprint density at radius 1 is 1.21 bits per heavy atom. The molecule has 1 amide bonds. The minimum Gasteiger partial charge on any atom is -0.333 e. The quantitative estimate of drug-likeness (QED) is 0.813. The van der Waals surface area contributed by atoms with Gasteiger partial charge in [-0.3, -0.25) is 4.79 Å². The molecule has 0 N–H and O–H groups in total. The molecule has 2 unspecified atom stereocenters. The predicted molar refractivity (Wildman–Crippen MR) is 83.7 cm³/mol. The Morgan fingerprint density at radius 3 is 2.32 bits per heavy atom. The highest BCUT2D eigenvalue weighted by Crippen LogP contribution is 2.40. The zero-order valence-electron chi connectivity index (χ0n) is 11.0. The van der Waals surface area contributed by atoms with Gasteiger partial charge in [-0.05, 0) is 56.2 Å². The van der Waals surface area contributed by atoms with Gasteiger partial charge in [0.25, 0.3) is 5.91 Å². The van der Waals surface area contributed by atoms with Gasteiger partial charge < -0.3 is 4.90 Å². The molecule has 1 aromatic carbocycles. The van der Waals surface area contributed by atoms with Crippen LogP contribution in [0, 0.1) is 0 Å². The third-order valence-corrected chi connectivity index (χ3v) is 5.93. The Morgan fingerprint density at radius 2 is 1.79 bits per heavy atom. The second kappa shape index (κ2) is 5.49. The highest BCUT2D eigenvalue weighted by Gasteiger charge is 2.43. The number of hydrogen-bond acceptors (Lipinski definition) is 2. The molecule has 102 valence electrons. The third kappa shape index (κ3) is 2.57. The Hall–Kier alpha value is -0.480. The lowest BCUT2D eigenvalue weighted by atomic mass is 10.0. The maximum atomic E-state index is 12.7. The number of halogens is 1. The molecule has 4 heteroatoms. The van der Waals surface area contributed by atoms with Crippen LogP contribution in [0.4, 0.5) is 0 Å². The molecule has 2 heterocycles. The fourth-order valence-electron chi connectivity index (χ4n) is 3.39. The van der Waals surface area contributed by atoms with Gasteiger partial charge in [0.1, 0.15) is 0 Å². The molecule has 19 heavy (non-hydrogen) atoms. The summed E-state index contributed by atoms with van der Waals surface area (Å²) in [6.45, 7) is 0. The molecule has 0 spiro atoms. The average molecular weight is 340 g/mol. The third-order valence-electron chi connectivity index (χ3n) is 4.35. The zero-order valence-corrected chi connectivity index (χ0v) is 13.4. The molecule has 2 atom stereocenters. The Balaban J connectivity index is 1.80. The van der Waals surface area contributed by atoms with Crippen LogP contribution in [-0.4, -0.2) is 34.4 Å². The van der Waals surface area contributed by atoms with Crippen molar-refractivity contribution in [3.05, 3.63) is 34.3 Å². The van der Waals surface area contributed by atoms with Crippen LogP contribution in [-0.2, 0) is 0 Å². The topological polar surface area (TPSA) is 20.3 Å². The van der Waals surface area contributed by atoms with Gasteiger partial charge in [-0.25, -0.2) is 0 Å². The van der Waals surface area contributed by atoms with E-state index in [4.69, 9.17) is 0 Å². The molecule has 2 nitrogen and oxygen atoms in total. The van der Waals surface area contributed by atoms with Crippen LogP contribution in [0.2, 0.25) is 0 Å². The van der Waals surface area contributed by atoms with Gasteiger partial charge in [0.15, 0.2) is 0 Å². The highest BCUT2D eigenvalue weighted by molar-refractivity contribution is 9.10. The van der Waals surface area contributed by atoms with Gasteiger partial charge in [0.05, 0.1) is 0 Å². The first-order valence-corrected chi connectivity index (χ1v) is 8.88. The van der Waals surface area contributed by atoms with E-state index in [0.29, 0.717) is 12.1 Å². The first-order valence-electron chi connectivity index (χ1n) is 6.80. The normalized spacial score (nSPS) is 29.6. The van der Waals surface area contributed by atoms with E-state index < -0.39 is 0 Å². The zero-order chi connectivity index (χ0) is 13.4. The number of thioether (sulfide) groups is 1. The SMILES string of the molecule is CSC1CC2CCC(C1)N2C(=O)c1ccc(Br)cc1. The van der Waals surface area contributed by atoms with Crippen molar-refractivity contribution in [1.29, 1.82) is 0 Å². The van der Waals surface area contributed by atoms with Crippen LogP contribution in [0.1, 0.15) is 36.0 Å². The van der Waals surface area contributed by atoms with Gasteiger partial charge in [0.2, 0.25) is 0 Å². The first kappa shape index (κ1) is 13.5. The average Bonchev–Trinajstić information content (AvgIpc) is 2.69. The summed E-state index contributed by atoms with van der Waals surface area (Å²) in [5.41, 5.74) is 0.822. The fraction of sp³-hybridized carbons (Fsp3) is 0.533. The minimum absolute atomic E-state index is 0.222. The number of piperidine rings is 1. The van der Waals surface area contributed by atoms with Gasteiger partial charge in [-0.2, -0.15) is 11.8 Å². The Labute approximate surface area is 127 Å². The second-order valence-electron chi connectivity index (χ2n) is 5.43.